The molecule has 3 heteroatoms. The number of aliphatic hydroxyl groups is 1. The molecular weight excluding hydrogens is 156 g/mol. The molecule has 1 saturated heterocycles. The van der Waals surface area contributed by atoms with E-state index in [9.17, 15) is 5.11 Å². The first-order valence-corrected chi connectivity index (χ1v) is 4.08. The average Bonchev–Trinajstić information content (AvgIpc) is 2.58. The van der Waals surface area contributed by atoms with Gasteiger partial charge >= 0.3 is 0 Å². The molecule has 2 rings (SSSR count). The topological polar surface area (TPSA) is 42.6 Å². The summed E-state index contributed by atoms with van der Waals surface area (Å²) < 4.78 is 10.4. The van der Waals surface area contributed by atoms with Crippen molar-refractivity contribution in [2.75, 3.05) is 13.2 Å². The van der Waals surface area contributed by atoms with Crippen LogP contribution in [0, 0.1) is 6.92 Å². The van der Waals surface area contributed by atoms with E-state index in [-0.39, 0.29) is 5.92 Å². The van der Waals surface area contributed by atoms with Gasteiger partial charge in [0.15, 0.2) is 0 Å². The van der Waals surface area contributed by atoms with E-state index in [4.69, 9.17) is 9.15 Å². The third-order valence-corrected chi connectivity index (χ3v) is 2.17. The van der Waals surface area contributed by atoms with E-state index < -0.39 is 6.10 Å². The molecule has 0 spiro atoms. The van der Waals surface area contributed by atoms with Crippen molar-refractivity contribution in [3.8, 4) is 0 Å². The van der Waals surface area contributed by atoms with Gasteiger partial charge in [0.25, 0.3) is 0 Å². The van der Waals surface area contributed by atoms with E-state index in [2.05, 4.69) is 0 Å². The molecule has 1 aliphatic rings. The van der Waals surface area contributed by atoms with Crippen molar-refractivity contribution in [1.29, 1.82) is 0 Å². The van der Waals surface area contributed by atoms with E-state index >= 15 is 0 Å². The van der Waals surface area contributed by atoms with Gasteiger partial charge in [-0.2, -0.15) is 0 Å². The quantitative estimate of drug-likeness (QED) is 0.681. The van der Waals surface area contributed by atoms with Crippen molar-refractivity contribution in [3.05, 3.63) is 23.7 Å². The summed E-state index contributed by atoms with van der Waals surface area (Å²) in [5.74, 6) is 0.858. The molecule has 0 saturated carbocycles. The number of aryl methyl sites for hydroxylation is 1. The van der Waals surface area contributed by atoms with Crippen LogP contribution < -0.4 is 0 Å². The van der Waals surface area contributed by atoms with Gasteiger partial charge in [-0.25, -0.2) is 0 Å². The molecule has 66 valence electrons. The standard InChI is InChI=1S/C9H12O3/c1-6-2-9(12-3-6)7-4-11-5-8(7)10/h2-3,7-8,10H,4-5H2,1H3/t7-,8-/m1/s1. The van der Waals surface area contributed by atoms with Gasteiger partial charge < -0.3 is 14.3 Å². The Kier molecular flexibility index (Phi) is 1.90. The molecule has 12 heavy (non-hydrogen) atoms. The van der Waals surface area contributed by atoms with Crippen LogP contribution in [0.15, 0.2) is 16.7 Å². The molecule has 1 fully saturated rings. The zero-order valence-electron chi connectivity index (χ0n) is 6.99. The summed E-state index contributed by atoms with van der Waals surface area (Å²) in [6.45, 7) is 2.95. The van der Waals surface area contributed by atoms with Crippen LogP contribution in [0.1, 0.15) is 17.2 Å². The fraction of sp³-hybridized carbons (Fsp3) is 0.556. The molecule has 0 bridgehead atoms. The molecular formula is C9H12O3. The molecule has 0 aliphatic carbocycles. The highest BCUT2D eigenvalue weighted by molar-refractivity contribution is 5.16. The SMILES string of the molecule is Cc1coc([C@@H]2COC[C@H]2O)c1. The van der Waals surface area contributed by atoms with E-state index in [0.29, 0.717) is 13.2 Å². The lowest BCUT2D eigenvalue weighted by molar-refractivity contribution is 0.123. The summed E-state index contributed by atoms with van der Waals surface area (Å²) in [6, 6.07) is 1.95. The zero-order chi connectivity index (χ0) is 8.55. The molecule has 2 heterocycles. The summed E-state index contributed by atoms with van der Waals surface area (Å²) in [5.41, 5.74) is 1.09. The van der Waals surface area contributed by atoms with Crippen molar-refractivity contribution in [1.82, 2.24) is 0 Å². The maximum absolute atomic E-state index is 9.47. The van der Waals surface area contributed by atoms with Crippen LogP contribution in [0.3, 0.4) is 0 Å². The summed E-state index contributed by atoms with van der Waals surface area (Å²) in [5, 5.41) is 9.47. The molecule has 1 aliphatic heterocycles. The second-order valence-corrected chi connectivity index (χ2v) is 3.24. The Hall–Kier alpha value is -0.800. The first kappa shape index (κ1) is 7.83. The van der Waals surface area contributed by atoms with Crippen molar-refractivity contribution in [3.63, 3.8) is 0 Å². The van der Waals surface area contributed by atoms with Crippen LogP contribution in [0.5, 0.6) is 0 Å². The summed E-state index contributed by atoms with van der Waals surface area (Å²) in [7, 11) is 0. The molecule has 3 nitrogen and oxygen atoms in total. The Morgan fingerprint density at radius 3 is 2.83 bits per heavy atom. The number of rotatable bonds is 1. The zero-order valence-corrected chi connectivity index (χ0v) is 6.99. The average molecular weight is 168 g/mol. The fourth-order valence-electron chi connectivity index (χ4n) is 1.46. The van der Waals surface area contributed by atoms with Gasteiger partial charge in [0.2, 0.25) is 0 Å². The maximum Gasteiger partial charge on any atom is 0.112 e. The van der Waals surface area contributed by atoms with Gasteiger partial charge in [-0.15, -0.1) is 0 Å². The third kappa shape index (κ3) is 1.26. The van der Waals surface area contributed by atoms with E-state index in [0.717, 1.165) is 11.3 Å². The van der Waals surface area contributed by atoms with Crippen LogP contribution in [0.25, 0.3) is 0 Å². The van der Waals surface area contributed by atoms with Gasteiger partial charge in [-0.05, 0) is 18.6 Å². The van der Waals surface area contributed by atoms with Crippen LogP contribution in [0.4, 0.5) is 0 Å². The molecule has 0 unspecified atom stereocenters. The number of hydrogen-bond acceptors (Lipinski definition) is 3. The molecule has 0 amide bonds. The van der Waals surface area contributed by atoms with E-state index in [1.807, 2.05) is 13.0 Å². The molecule has 1 aromatic rings. The number of hydrogen-bond donors (Lipinski definition) is 1. The summed E-state index contributed by atoms with van der Waals surface area (Å²) in [6.07, 6.45) is 1.29. The molecule has 1 N–H and O–H groups in total. The predicted molar refractivity (Wildman–Crippen MR) is 43.0 cm³/mol. The molecule has 1 aromatic heterocycles. The maximum atomic E-state index is 9.47. The number of furan rings is 1. The second-order valence-electron chi connectivity index (χ2n) is 3.24. The van der Waals surface area contributed by atoms with Crippen molar-refractivity contribution in [2.24, 2.45) is 0 Å². The molecule has 0 aromatic carbocycles. The van der Waals surface area contributed by atoms with Crippen LogP contribution in [-0.2, 0) is 4.74 Å². The van der Waals surface area contributed by atoms with E-state index in [1.165, 1.54) is 0 Å². The Balaban J connectivity index is 2.19. The van der Waals surface area contributed by atoms with Crippen LogP contribution >= 0.6 is 0 Å². The number of aliphatic hydroxyl groups excluding tert-OH is 1. The smallest absolute Gasteiger partial charge is 0.112 e. The predicted octanol–water partition coefficient (Wildman–Crippen LogP) is 1.06. The summed E-state index contributed by atoms with van der Waals surface area (Å²) in [4.78, 5) is 0. The second kappa shape index (κ2) is 2.92. The highest BCUT2D eigenvalue weighted by Gasteiger charge is 2.29. The van der Waals surface area contributed by atoms with Crippen LogP contribution in [0.2, 0.25) is 0 Å². The van der Waals surface area contributed by atoms with Gasteiger partial charge in [-0.3, -0.25) is 0 Å². The molecule has 2 atom stereocenters. The Morgan fingerprint density at radius 2 is 2.33 bits per heavy atom. The third-order valence-electron chi connectivity index (χ3n) is 2.17. The van der Waals surface area contributed by atoms with Crippen molar-refractivity contribution in [2.45, 2.75) is 18.9 Å². The monoisotopic (exact) mass is 168 g/mol. The normalized spacial score (nSPS) is 29.5. The minimum atomic E-state index is -0.407. The van der Waals surface area contributed by atoms with Crippen molar-refractivity contribution >= 4 is 0 Å². The van der Waals surface area contributed by atoms with E-state index in [1.54, 1.807) is 6.26 Å². The largest absolute Gasteiger partial charge is 0.469 e. The Bertz CT molecular complexity index is 266. The lowest BCUT2D eigenvalue weighted by Crippen LogP contribution is -2.14. The first-order valence-electron chi connectivity index (χ1n) is 4.08. The minimum Gasteiger partial charge on any atom is -0.469 e. The number of ether oxygens (including phenoxy) is 1. The lowest BCUT2D eigenvalue weighted by atomic mass is 10.0. The van der Waals surface area contributed by atoms with Gasteiger partial charge in [-0.1, -0.05) is 0 Å². The Labute approximate surface area is 71.0 Å². The van der Waals surface area contributed by atoms with Gasteiger partial charge in [0.1, 0.15) is 5.76 Å². The Morgan fingerprint density at radius 1 is 1.50 bits per heavy atom. The highest BCUT2D eigenvalue weighted by atomic mass is 16.5. The first-order chi connectivity index (χ1) is 5.77. The van der Waals surface area contributed by atoms with Crippen molar-refractivity contribution < 1.29 is 14.3 Å². The van der Waals surface area contributed by atoms with Gasteiger partial charge in [0, 0.05) is 0 Å². The fourth-order valence-corrected chi connectivity index (χ4v) is 1.46. The minimum absolute atomic E-state index is 0.0266. The lowest BCUT2D eigenvalue weighted by Gasteiger charge is -2.07. The highest BCUT2D eigenvalue weighted by Crippen LogP contribution is 2.26. The van der Waals surface area contributed by atoms with Crippen LogP contribution in [-0.4, -0.2) is 24.4 Å². The summed E-state index contributed by atoms with van der Waals surface area (Å²) >= 11 is 0. The molecule has 0 radical (unpaired) electrons. The van der Waals surface area contributed by atoms with Gasteiger partial charge in [0.05, 0.1) is 31.5 Å².